The van der Waals surface area contributed by atoms with Crippen molar-refractivity contribution < 1.29 is 4.74 Å². The molecule has 0 spiro atoms. The molecule has 0 radical (unpaired) electrons. The summed E-state index contributed by atoms with van der Waals surface area (Å²) in [7, 11) is 0. The Morgan fingerprint density at radius 2 is 2.36 bits per heavy atom. The normalized spacial score (nSPS) is 27.9. The minimum absolute atomic E-state index is 0.502. The van der Waals surface area contributed by atoms with Crippen LogP contribution in [0.4, 0.5) is 0 Å². The number of hydrogen-bond donors (Lipinski definition) is 1. The van der Waals surface area contributed by atoms with Crippen molar-refractivity contribution in [1.82, 2.24) is 5.32 Å². The van der Waals surface area contributed by atoms with Gasteiger partial charge in [-0.15, -0.1) is 0 Å². The van der Waals surface area contributed by atoms with Crippen LogP contribution in [0.1, 0.15) is 32.6 Å². The second kappa shape index (κ2) is 7.55. The van der Waals surface area contributed by atoms with Gasteiger partial charge in [0.15, 0.2) is 0 Å². The van der Waals surface area contributed by atoms with Gasteiger partial charge in [0.1, 0.15) is 0 Å². The molecule has 2 atom stereocenters. The molecule has 2 unspecified atom stereocenters. The fourth-order valence-electron chi connectivity index (χ4n) is 1.87. The van der Waals surface area contributed by atoms with Crippen molar-refractivity contribution in [3.05, 3.63) is 0 Å². The van der Waals surface area contributed by atoms with Gasteiger partial charge in [0, 0.05) is 12.6 Å². The molecule has 1 heterocycles. The summed E-state index contributed by atoms with van der Waals surface area (Å²) < 4.78 is 5.64. The van der Waals surface area contributed by atoms with Crippen LogP contribution in [0.15, 0.2) is 0 Å². The van der Waals surface area contributed by atoms with E-state index in [9.17, 15) is 0 Å². The molecule has 0 aliphatic carbocycles. The zero-order chi connectivity index (χ0) is 10.2. The van der Waals surface area contributed by atoms with E-state index < -0.39 is 0 Å². The largest absolute Gasteiger partial charge is 0.378 e. The first kappa shape index (κ1) is 12.3. The van der Waals surface area contributed by atoms with E-state index in [0.717, 1.165) is 13.0 Å². The van der Waals surface area contributed by atoms with Crippen LogP contribution in [0.25, 0.3) is 0 Å². The van der Waals surface area contributed by atoms with Gasteiger partial charge in [-0.2, -0.15) is 11.8 Å². The van der Waals surface area contributed by atoms with E-state index in [2.05, 4.69) is 18.5 Å². The zero-order valence-corrected chi connectivity index (χ0v) is 10.2. The predicted molar refractivity (Wildman–Crippen MR) is 64.1 cm³/mol. The van der Waals surface area contributed by atoms with E-state index in [1.54, 1.807) is 0 Å². The molecule has 1 saturated heterocycles. The number of ether oxygens (including phenoxy) is 1. The van der Waals surface area contributed by atoms with Gasteiger partial charge in [0.2, 0.25) is 0 Å². The van der Waals surface area contributed by atoms with E-state index in [0.29, 0.717) is 12.1 Å². The third-order valence-electron chi connectivity index (χ3n) is 2.78. The molecule has 1 rings (SSSR count). The molecule has 2 nitrogen and oxygen atoms in total. The van der Waals surface area contributed by atoms with Gasteiger partial charge in [0.05, 0.1) is 6.10 Å². The first-order chi connectivity index (χ1) is 6.86. The smallest absolute Gasteiger partial charge is 0.0587 e. The highest BCUT2D eigenvalue weighted by Gasteiger charge is 2.20. The molecule has 0 aromatic carbocycles. The average Bonchev–Trinajstić information content (AvgIpc) is 2.25. The predicted octanol–water partition coefficient (Wildman–Crippen LogP) is 2.29. The van der Waals surface area contributed by atoms with Crippen LogP contribution in [0.5, 0.6) is 0 Å². The van der Waals surface area contributed by atoms with Crippen molar-refractivity contribution >= 4 is 11.8 Å². The van der Waals surface area contributed by atoms with Crippen LogP contribution >= 0.6 is 11.8 Å². The molecular formula is C11H23NOS. The first-order valence-corrected chi connectivity index (χ1v) is 7.10. The quantitative estimate of drug-likeness (QED) is 0.690. The van der Waals surface area contributed by atoms with Crippen LogP contribution in [0.2, 0.25) is 0 Å². The molecule has 1 aliphatic heterocycles. The highest BCUT2D eigenvalue weighted by molar-refractivity contribution is 7.98. The lowest BCUT2D eigenvalue weighted by atomic mass is 10.0. The van der Waals surface area contributed by atoms with Crippen molar-refractivity contribution in [3.8, 4) is 0 Å². The van der Waals surface area contributed by atoms with E-state index in [-0.39, 0.29) is 0 Å². The lowest BCUT2D eigenvalue weighted by Crippen LogP contribution is -2.39. The Morgan fingerprint density at radius 1 is 1.50 bits per heavy atom. The fourth-order valence-corrected chi connectivity index (χ4v) is 2.31. The minimum atomic E-state index is 0.502. The lowest BCUT2D eigenvalue weighted by Gasteiger charge is -2.29. The number of thioether (sulfide) groups is 1. The van der Waals surface area contributed by atoms with Gasteiger partial charge in [-0.05, 0) is 44.2 Å². The number of hydrogen-bond acceptors (Lipinski definition) is 3. The van der Waals surface area contributed by atoms with Crippen LogP contribution in [-0.2, 0) is 4.74 Å². The van der Waals surface area contributed by atoms with Crippen molar-refractivity contribution in [1.29, 1.82) is 0 Å². The van der Waals surface area contributed by atoms with Gasteiger partial charge in [0.25, 0.3) is 0 Å². The Labute approximate surface area is 92.2 Å². The maximum Gasteiger partial charge on any atom is 0.0587 e. The van der Waals surface area contributed by atoms with E-state index in [1.807, 2.05) is 11.8 Å². The van der Waals surface area contributed by atoms with Crippen LogP contribution < -0.4 is 5.32 Å². The van der Waals surface area contributed by atoms with E-state index >= 15 is 0 Å². The highest BCUT2D eigenvalue weighted by atomic mass is 32.2. The Morgan fingerprint density at radius 3 is 3.07 bits per heavy atom. The Hall–Kier alpha value is 0.270. The maximum atomic E-state index is 5.64. The fraction of sp³-hybridized carbons (Fsp3) is 1.00. The average molecular weight is 217 g/mol. The molecule has 0 saturated carbocycles. The zero-order valence-electron chi connectivity index (χ0n) is 9.42. The molecule has 1 N–H and O–H groups in total. The van der Waals surface area contributed by atoms with Gasteiger partial charge >= 0.3 is 0 Å². The molecule has 0 bridgehead atoms. The summed E-state index contributed by atoms with van der Waals surface area (Å²) in [6, 6.07) is 0.704. The first-order valence-electron chi connectivity index (χ1n) is 5.70. The number of nitrogens with one attached hydrogen (secondary N) is 1. The Kier molecular flexibility index (Phi) is 6.65. The summed E-state index contributed by atoms with van der Waals surface area (Å²) in [6.45, 7) is 4.32. The second-order valence-corrected chi connectivity index (χ2v) is 4.91. The van der Waals surface area contributed by atoms with Gasteiger partial charge in [-0.1, -0.05) is 6.92 Å². The molecule has 1 aliphatic rings. The van der Waals surface area contributed by atoms with Gasteiger partial charge in [-0.25, -0.2) is 0 Å². The van der Waals surface area contributed by atoms with Gasteiger partial charge < -0.3 is 10.1 Å². The molecule has 14 heavy (non-hydrogen) atoms. The maximum absolute atomic E-state index is 5.64. The van der Waals surface area contributed by atoms with Crippen molar-refractivity contribution in [3.63, 3.8) is 0 Å². The molecule has 0 aromatic rings. The van der Waals surface area contributed by atoms with Crippen LogP contribution in [0, 0.1) is 0 Å². The summed E-state index contributed by atoms with van der Waals surface area (Å²) >= 11 is 1.93. The second-order valence-electron chi connectivity index (χ2n) is 3.92. The summed E-state index contributed by atoms with van der Waals surface area (Å²) in [4.78, 5) is 0. The molecular weight excluding hydrogens is 194 g/mol. The van der Waals surface area contributed by atoms with Crippen LogP contribution in [0.3, 0.4) is 0 Å². The van der Waals surface area contributed by atoms with E-state index in [4.69, 9.17) is 4.74 Å². The van der Waals surface area contributed by atoms with E-state index in [1.165, 1.54) is 31.6 Å². The standard InChI is InChI=1S/C11H23NOS/c1-3-11-9-10(5-7-13-11)12-6-4-8-14-2/h10-12H,3-9H2,1-2H3. The molecule has 84 valence electrons. The number of rotatable bonds is 6. The van der Waals surface area contributed by atoms with Crippen molar-refractivity contribution in [2.24, 2.45) is 0 Å². The lowest BCUT2D eigenvalue weighted by molar-refractivity contribution is 0.0000843. The van der Waals surface area contributed by atoms with Crippen molar-refractivity contribution in [2.75, 3.05) is 25.2 Å². The van der Waals surface area contributed by atoms with Crippen LogP contribution in [-0.4, -0.2) is 37.3 Å². The SMILES string of the molecule is CCC1CC(NCCCSC)CCO1. The monoisotopic (exact) mass is 217 g/mol. The van der Waals surface area contributed by atoms with Gasteiger partial charge in [-0.3, -0.25) is 0 Å². The minimum Gasteiger partial charge on any atom is -0.378 e. The summed E-state index contributed by atoms with van der Waals surface area (Å²) in [6.07, 6.45) is 7.51. The Balaban J connectivity index is 2.05. The topological polar surface area (TPSA) is 21.3 Å². The highest BCUT2D eigenvalue weighted by Crippen LogP contribution is 2.16. The third-order valence-corrected chi connectivity index (χ3v) is 3.48. The molecule has 1 fully saturated rings. The third kappa shape index (κ3) is 4.67. The molecule has 3 heteroatoms. The summed E-state index contributed by atoms with van der Waals surface area (Å²) in [5, 5.41) is 3.63. The Bertz CT molecular complexity index is 143. The summed E-state index contributed by atoms with van der Waals surface area (Å²) in [5.74, 6) is 1.27. The molecule has 0 amide bonds. The molecule has 0 aromatic heterocycles. The van der Waals surface area contributed by atoms with Crippen molar-refractivity contribution in [2.45, 2.75) is 44.8 Å². The summed E-state index contributed by atoms with van der Waals surface area (Å²) in [5.41, 5.74) is 0.